The van der Waals surface area contributed by atoms with Gasteiger partial charge < -0.3 is 9.73 Å². The molecule has 0 aliphatic heterocycles. The summed E-state index contributed by atoms with van der Waals surface area (Å²) in [5.74, 6) is -0.126. The van der Waals surface area contributed by atoms with Crippen molar-refractivity contribution in [2.75, 3.05) is 6.54 Å². The molecule has 0 bridgehead atoms. The molecule has 0 unspecified atom stereocenters. The number of nitrogens with one attached hydrogen (secondary N) is 1. The number of furan rings is 1. The smallest absolute Gasteiger partial charge is 0.240 e. The van der Waals surface area contributed by atoms with Crippen molar-refractivity contribution >= 4 is 16.9 Å². The topological polar surface area (TPSA) is 66.0 Å². The number of hydrogen-bond acceptors (Lipinski definition) is 3. The van der Waals surface area contributed by atoms with E-state index in [-0.39, 0.29) is 5.91 Å². The van der Waals surface area contributed by atoms with Crippen LogP contribution in [0.15, 0.2) is 34.9 Å². The number of para-hydroxylation sites is 1. The summed E-state index contributed by atoms with van der Waals surface area (Å²) in [6.07, 6.45) is 4.78. The average Bonchev–Trinajstić information content (AvgIpc) is 2.82. The van der Waals surface area contributed by atoms with Crippen molar-refractivity contribution in [1.29, 1.82) is 5.26 Å². The molecule has 1 amide bonds. The van der Waals surface area contributed by atoms with Crippen LogP contribution in [0.3, 0.4) is 0 Å². The first-order valence-electron chi connectivity index (χ1n) is 6.90. The molecular formula is C16H16N2O2. The van der Waals surface area contributed by atoms with E-state index in [1.165, 1.54) is 0 Å². The van der Waals surface area contributed by atoms with E-state index in [0.717, 1.165) is 23.0 Å². The number of nitriles is 1. The Morgan fingerprint density at radius 1 is 1.40 bits per heavy atom. The van der Waals surface area contributed by atoms with Gasteiger partial charge in [0.15, 0.2) is 0 Å². The quantitative estimate of drug-likeness (QED) is 0.927. The van der Waals surface area contributed by atoms with E-state index in [1.54, 1.807) is 6.26 Å². The molecule has 1 saturated carbocycles. The van der Waals surface area contributed by atoms with Gasteiger partial charge >= 0.3 is 0 Å². The lowest BCUT2D eigenvalue weighted by atomic mass is 9.69. The lowest BCUT2D eigenvalue weighted by Gasteiger charge is -2.33. The van der Waals surface area contributed by atoms with Gasteiger partial charge in [-0.2, -0.15) is 5.26 Å². The molecule has 20 heavy (non-hydrogen) atoms. The molecule has 0 spiro atoms. The van der Waals surface area contributed by atoms with E-state index < -0.39 is 5.41 Å². The van der Waals surface area contributed by atoms with Gasteiger partial charge in [-0.25, -0.2) is 0 Å². The van der Waals surface area contributed by atoms with Crippen LogP contribution < -0.4 is 5.32 Å². The Kier molecular flexibility index (Phi) is 3.19. The molecule has 2 aromatic rings. The Morgan fingerprint density at radius 2 is 2.20 bits per heavy atom. The highest BCUT2D eigenvalue weighted by atomic mass is 16.3. The molecule has 0 atom stereocenters. The number of carbonyl (C=O) groups is 1. The van der Waals surface area contributed by atoms with E-state index in [2.05, 4.69) is 11.4 Å². The van der Waals surface area contributed by atoms with Gasteiger partial charge in [-0.1, -0.05) is 18.2 Å². The summed E-state index contributed by atoms with van der Waals surface area (Å²) in [7, 11) is 0. The summed E-state index contributed by atoms with van der Waals surface area (Å²) in [6, 6.07) is 10.0. The maximum atomic E-state index is 12.0. The van der Waals surface area contributed by atoms with Crippen molar-refractivity contribution in [1.82, 2.24) is 5.32 Å². The summed E-state index contributed by atoms with van der Waals surface area (Å²) in [6.45, 7) is 0.534. The molecule has 1 fully saturated rings. The fourth-order valence-electron chi connectivity index (χ4n) is 2.63. The second-order valence-electron chi connectivity index (χ2n) is 5.31. The van der Waals surface area contributed by atoms with Crippen LogP contribution in [0.1, 0.15) is 24.8 Å². The molecular weight excluding hydrogens is 252 g/mol. The molecule has 1 N–H and O–H groups in total. The predicted octanol–water partition coefficient (Wildman–Crippen LogP) is 2.79. The van der Waals surface area contributed by atoms with Crippen molar-refractivity contribution in [3.05, 3.63) is 36.1 Å². The monoisotopic (exact) mass is 268 g/mol. The van der Waals surface area contributed by atoms with E-state index >= 15 is 0 Å². The molecule has 1 aliphatic rings. The van der Waals surface area contributed by atoms with Crippen molar-refractivity contribution in [3.63, 3.8) is 0 Å². The van der Waals surface area contributed by atoms with Crippen LogP contribution in [0, 0.1) is 16.7 Å². The zero-order chi connectivity index (χ0) is 14.0. The molecule has 0 saturated heterocycles. The minimum absolute atomic E-state index is 0.126. The van der Waals surface area contributed by atoms with Crippen LogP contribution in [0.25, 0.3) is 11.0 Å². The van der Waals surface area contributed by atoms with Crippen LogP contribution in [-0.2, 0) is 11.2 Å². The number of hydrogen-bond donors (Lipinski definition) is 1. The Bertz CT molecular complexity index is 677. The van der Waals surface area contributed by atoms with Crippen LogP contribution in [0.4, 0.5) is 0 Å². The van der Waals surface area contributed by atoms with Crippen LogP contribution in [0.2, 0.25) is 0 Å². The number of benzene rings is 1. The Balaban J connectivity index is 1.61. The maximum Gasteiger partial charge on any atom is 0.240 e. The molecule has 1 aromatic carbocycles. The third kappa shape index (κ3) is 2.05. The Labute approximate surface area is 117 Å². The van der Waals surface area contributed by atoms with Gasteiger partial charge in [-0.05, 0) is 37.3 Å². The minimum Gasteiger partial charge on any atom is -0.464 e. The lowest BCUT2D eigenvalue weighted by Crippen LogP contribution is -2.45. The zero-order valence-electron chi connectivity index (χ0n) is 11.2. The summed E-state index contributed by atoms with van der Waals surface area (Å²) >= 11 is 0. The van der Waals surface area contributed by atoms with Crippen molar-refractivity contribution in [2.24, 2.45) is 5.41 Å². The second kappa shape index (κ2) is 5.01. The number of nitrogens with zero attached hydrogens (tertiary/aromatic N) is 1. The van der Waals surface area contributed by atoms with Crippen LogP contribution in [0.5, 0.6) is 0 Å². The van der Waals surface area contributed by atoms with Gasteiger partial charge in [0.25, 0.3) is 0 Å². The number of rotatable bonds is 4. The summed E-state index contributed by atoms with van der Waals surface area (Å²) < 4.78 is 5.46. The van der Waals surface area contributed by atoms with Crippen LogP contribution in [-0.4, -0.2) is 12.5 Å². The van der Waals surface area contributed by atoms with Gasteiger partial charge in [0.2, 0.25) is 5.91 Å². The standard InChI is InChI=1S/C16H16N2O2/c17-11-16(7-3-8-16)15(19)18-9-6-12-10-20-14-5-2-1-4-13(12)14/h1-2,4-5,10H,3,6-9H2,(H,18,19). The highest BCUT2D eigenvalue weighted by Gasteiger charge is 2.44. The number of fused-ring (bicyclic) bond motifs is 1. The van der Waals surface area contributed by atoms with Gasteiger partial charge in [-0.3, -0.25) is 4.79 Å². The fourth-order valence-corrected chi connectivity index (χ4v) is 2.63. The van der Waals surface area contributed by atoms with E-state index in [9.17, 15) is 4.79 Å². The first-order chi connectivity index (χ1) is 9.75. The van der Waals surface area contributed by atoms with Gasteiger partial charge in [0, 0.05) is 11.9 Å². The molecule has 102 valence electrons. The Hall–Kier alpha value is -2.28. The van der Waals surface area contributed by atoms with E-state index in [4.69, 9.17) is 9.68 Å². The Morgan fingerprint density at radius 3 is 2.90 bits per heavy atom. The van der Waals surface area contributed by atoms with E-state index in [1.807, 2.05) is 24.3 Å². The number of amides is 1. The fraction of sp³-hybridized carbons (Fsp3) is 0.375. The van der Waals surface area contributed by atoms with Crippen molar-refractivity contribution < 1.29 is 9.21 Å². The molecule has 4 heteroatoms. The molecule has 0 radical (unpaired) electrons. The summed E-state index contributed by atoms with van der Waals surface area (Å²) in [5.41, 5.74) is 1.18. The molecule has 1 aromatic heterocycles. The first-order valence-corrected chi connectivity index (χ1v) is 6.90. The summed E-state index contributed by atoms with van der Waals surface area (Å²) in [5, 5.41) is 13.1. The van der Waals surface area contributed by atoms with E-state index in [0.29, 0.717) is 25.8 Å². The first kappa shape index (κ1) is 12.7. The van der Waals surface area contributed by atoms with Crippen molar-refractivity contribution in [3.8, 4) is 6.07 Å². The van der Waals surface area contributed by atoms with Crippen LogP contribution >= 0.6 is 0 Å². The zero-order valence-corrected chi connectivity index (χ0v) is 11.2. The van der Waals surface area contributed by atoms with Crippen molar-refractivity contribution in [2.45, 2.75) is 25.7 Å². The minimum atomic E-state index is -0.765. The highest BCUT2D eigenvalue weighted by molar-refractivity contribution is 5.86. The van der Waals surface area contributed by atoms with Gasteiger partial charge in [0.05, 0.1) is 12.3 Å². The third-order valence-corrected chi connectivity index (χ3v) is 4.10. The normalized spacial score (nSPS) is 16.4. The maximum absolute atomic E-state index is 12.0. The third-order valence-electron chi connectivity index (χ3n) is 4.10. The molecule has 1 heterocycles. The molecule has 3 rings (SSSR count). The molecule has 4 nitrogen and oxygen atoms in total. The van der Waals surface area contributed by atoms with Gasteiger partial charge in [-0.15, -0.1) is 0 Å². The van der Waals surface area contributed by atoms with Gasteiger partial charge in [0.1, 0.15) is 11.0 Å². The molecule has 1 aliphatic carbocycles. The highest BCUT2D eigenvalue weighted by Crippen LogP contribution is 2.40. The average molecular weight is 268 g/mol. The predicted molar refractivity (Wildman–Crippen MR) is 74.8 cm³/mol. The lowest BCUT2D eigenvalue weighted by molar-refractivity contribution is -0.131. The number of carbonyl (C=O) groups excluding carboxylic acids is 1. The second-order valence-corrected chi connectivity index (χ2v) is 5.31. The SMILES string of the molecule is N#CC1(C(=O)NCCc2coc3ccccc23)CCC1. The summed E-state index contributed by atoms with van der Waals surface area (Å²) in [4.78, 5) is 12.0. The largest absolute Gasteiger partial charge is 0.464 e.